The summed E-state index contributed by atoms with van der Waals surface area (Å²) < 4.78 is 1.14. The van der Waals surface area contributed by atoms with Gasteiger partial charge in [-0.1, -0.05) is 18.2 Å². The molecule has 2 atom stereocenters. The Balaban J connectivity index is 1.95. The molecule has 0 spiro atoms. The molecule has 2 heterocycles. The van der Waals surface area contributed by atoms with Crippen LogP contribution >= 0.6 is 39.0 Å². The van der Waals surface area contributed by atoms with E-state index in [0.717, 1.165) is 10.2 Å². The van der Waals surface area contributed by atoms with Crippen molar-refractivity contribution < 1.29 is 0 Å². The Kier molecular flexibility index (Phi) is 3.30. The maximum atomic E-state index is 6.42. The van der Waals surface area contributed by atoms with E-state index in [9.17, 15) is 0 Å². The zero-order chi connectivity index (χ0) is 11.8. The molecule has 0 aliphatic carbocycles. The average molecular weight is 326 g/mol. The highest BCUT2D eigenvalue weighted by Gasteiger charge is 2.30. The molecule has 0 saturated heterocycles. The Labute approximate surface area is 118 Å². The van der Waals surface area contributed by atoms with Gasteiger partial charge in [0.15, 0.2) is 0 Å². The summed E-state index contributed by atoms with van der Waals surface area (Å²) in [6.45, 7) is 0. The normalized spacial score (nSPS) is 20.2. The lowest BCUT2D eigenvalue weighted by Crippen LogP contribution is -2.19. The molecule has 0 amide bonds. The molecular formula is C13H12BrNS2. The Morgan fingerprint density at radius 3 is 2.88 bits per heavy atom. The van der Waals surface area contributed by atoms with Crippen molar-refractivity contribution in [1.82, 2.24) is 0 Å². The van der Waals surface area contributed by atoms with Gasteiger partial charge in [0, 0.05) is 32.5 Å². The van der Waals surface area contributed by atoms with Gasteiger partial charge >= 0.3 is 0 Å². The third-order valence-corrected chi connectivity index (χ3v) is 6.13. The van der Waals surface area contributed by atoms with Gasteiger partial charge < -0.3 is 5.73 Å². The number of thiophene rings is 1. The summed E-state index contributed by atoms with van der Waals surface area (Å²) in [6.07, 6.45) is 0. The van der Waals surface area contributed by atoms with Crippen molar-refractivity contribution in [2.45, 2.75) is 16.9 Å². The molecule has 2 aromatic rings. The van der Waals surface area contributed by atoms with E-state index in [-0.39, 0.29) is 6.04 Å². The number of fused-ring (bicyclic) bond motifs is 1. The lowest BCUT2D eigenvalue weighted by Gasteiger charge is -2.19. The fourth-order valence-electron chi connectivity index (χ4n) is 2.23. The van der Waals surface area contributed by atoms with Gasteiger partial charge in [0.1, 0.15) is 0 Å². The number of thioether (sulfide) groups is 1. The average Bonchev–Trinajstić information content (AvgIpc) is 2.94. The van der Waals surface area contributed by atoms with E-state index in [4.69, 9.17) is 5.73 Å². The number of halogens is 1. The first-order valence-electron chi connectivity index (χ1n) is 5.46. The molecule has 0 radical (unpaired) electrons. The largest absolute Gasteiger partial charge is 0.323 e. The van der Waals surface area contributed by atoms with Gasteiger partial charge in [0.2, 0.25) is 0 Å². The molecule has 2 unspecified atom stereocenters. The first-order valence-corrected chi connectivity index (χ1v) is 8.18. The standard InChI is InChI=1S/C13H12BrNS2/c14-11-7-16-5-10(11)13(15)9-6-17-12-4-2-1-3-8(9)12/h1-5,7,9,13H,6,15H2. The monoisotopic (exact) mass is 325 g/mol. The van der Waals surface area contributed by atoms with Crippen molar-refractivity contribution in [2.75, 3.05) is 5.75 Å². The summed E-state index contributed by atoms with van der Waals surface area (Å²) >= 11 is 7.19. The molecule has 0 bridgehead atoms. The molecule has 1 nitrogen and oxygen atoms in total. The first kappa shape index (κ1) is 11.8. The Hall–Kier alpha value is -0.290. The van der Waals surface area contributed by atoms with E-state index in [1.165, 1.54) is 16.0 Å². The van der Waals surface area contributed by atoms with Crippen LogP contribution in [0.1, 0.15) is 23.1 Å². The fourth-order valence-corrected chi connectivity index (χ4v) is 5.15. The number of rotatable bonds is 2. The minimum Gasteiger partial charge on any atom is -0.323 e. The summed E-state index contributed by atoms with van der Waals surface area (Å²) in [5, 5.41) is 4.25. The van der Waals surface area contributed by atoms with Crippen LogP contribution in [-0.4, -0.2) is 5.75 Å². The van der Waals surface area contributed by atoms with E-state index >= 15 is 0 Å². The number of nitrogens with two attached hydrogens (primary N) is 1. The lowest BCUT2D eigenvalue weighted by molar-refractivity contribution is 0.607. The number of benzene rings is 1. The third kappa shape index (κ3) is 2.08. The Morgan fingerprint density at radius 1 is 1.29 bits per heavy atom. The van der Waals surface area contributed by atoms with Crippen LogP contribution in [-0.2, 0) is 0 Å². The van der Waals surface area contributed by atoms with E-state index < -0.39 is 0 Å². The van der Waals surface area contributed by atoms with Gasteiger partial charge in [-0.2, -0.15) is 11.3 Å². The fraction of sp³-hybridized carbons (Fsp3) is 0.231. The van der Waals surface area contributed by atoms with Crippen molar-refractivity contribution in [3.05, 3.63) is 50.6 Å². The molecule has 88 valence electrons. The molecule has 0 fully saturated rings. The molecule has 1 aromatic carbocycles. The van der Waals surface area contributed by atoms with Crippen molar-refractivity contribution in [1.29, 1.82) is 0 Å². The lowest BCUT2D eigenvalue weighted by atomic mass is 9.90. The van der Waals surface area contributed by atoms with Crippen LogP contribution in [0, 0.1) is 0 Å². The topological polar surface area (TPSA) is 26.0 Å². The van der Waals surface area contributed by atoms with Gasteiger partial charge in [-0.05, 0) is 38.5 Å². The predicted octanol–water partition coefficient (Wildman–Crippen LogP) is 4.40. The van der Waals surface area contributed by atoms with Crippen molar-refractivity contribution in [3.63, 3.8) is 0 Å². The second kappa shape index (κ2) is 4.76. The van der Waals surface area contributed by atoms with Gasteiger partial charge in [0.05, 0.1) is 0 Å². The summed E-state index contributed by atoms with van der Waals surface area (Å²) in [6, 6.07) is 8.69. The van der Waals surface area contributed by atoms with E-state index in [1.54, 1.807) is 11.3 Å². The maximum absolute atomic E-state index is 6.42. The molecule has 1 aromatic heterocycles. The van der Waals surface area contributed by atoms with Gasteiger partial charge in [-0.3, -0.25) is 0 Å². The van der Waals surface area contributed by atoms with E-state index in [2.05, 4.69) is 51.0 Å². The van der Waals surface area contributed by atoms with Crippen LogP contribution in [0.3, 0.4) is 0 Å². The summed E-state index contributed by atoms with van der Waals surface area (Å²) in [5.41, 5.74) is 9.06. The van der Waals surface area contributed by atoms with Crippen LogP contribution < -0.4 is 5.73 Å². The SMILES string of the molecule is NC(c1cscc1Br)C1CSc2ccccc21. The van der Waals surface area contributed by atoms with Crippen LogP contribution in [0.25, 0.3) is 0 Å². The summed E-state index contributed by atoms with van der Waals surface area (Å²) in [4.78, 5) is 1.39. The Bertz CT molecular complexity index is 538. The van der Waals surface area contributed by atoms with Crippen LogP contribution in [0.2, 0.25) is 0 Å². The molecule has 1 aliphatic rings. The highest BCUT2D eigenvalue weighted by Crippen LogP contribution is 2.46. The number of hydrogen-bond acceptors (Lipinski definition) is 3. The summed E-state index contributed by atoms with van der Waals surface area (Å²) in [5.74, 6) is 1.52. The van der Waals surface area contributed by atoms with Gasteiger partial charge in [0.25, 0.3) is 0 Å². The molecule has 4 heteroatoms. The molecule has 17 heavy (non-hydrogen) atoms. The van der Waals surface area contributed by atoms with Crippen LogP contribution in [0.4, 0.5) is 0 Å². The highest BCUT2D eigenvalue weighted by molar-refractivity contribution is 9.10. The van der Waals surface area contributed by atoms with Gasteiger partial charge in [-0.15, -0.1) is 11.8 Å². The molecule has 1 aliphatic heterocycles. The third-order valence-electron chi connectivity index (χ3n) is 3.17. The zero-order valence-electron chi connectivity index (χ0n) is 9.10. The Morgan fingerprint density at radius 2 is 2.12 bits per heavy atom. The van der Waals surface area contributed by atoms with Crippen molar-refractivity contribution >= 4 is 39.0 Å². The van der Waals surface area contributed by atoms with Crippen molar-refractivity contribution in [2.24, 2.45) is 5.73 Å². The zero-order valence-corrected chi connectivity index (χ0v) is 12.3. The molecule has 2 N–H and O–H groups in total. The van der Waals surface area contributed by atoms with E-state index in [1.807, 2.05) is 11.8 Å². The predicted molar refractivity (Wildman–Crippen MR) is 78.9 cm³/mol. The smallest absolute Gasteiger partial charge is 0.0392 e. The quantitative estimate of drug-likeness (QED) is 0.885. The van der Waals surface area contributed by atoms with Crippen LogP contribution in [0.15, 0.2) is 44.4 Å². The summed E-state index contributed by atoms with van der Waals surface area (Å²) in [7, 11) is 0. The first-order chi connectivity index (χ1) is 8.27. The minimum atomic E-state index is 0.0896. The second-order valence-corrected chi connectivity index (χ2v) is 6.82. The molecular weight excluding hydrogens is 314 g/mol. The highest BCUT2D eigenvalue weighted by atomic mass is 79.9. The van der Waals surface area contributed by atoms with Gasteiger partial charge in [-0.25, -0.2) is 0 Å². The van der Waals surface area contributed by atoms with Crippen molar-refractivity contribution in [3.8, 4) is 0 Å². The second-order valence-electron chi connectivity index (χ2n) is 4.16. The van der Waals surface area contributed by atoms with Crippen LogP contribution in [0.5, 0.6) is 0 Å². The maximum Gasteiger partial charge on any atom is 0.0392 e. The molecule has 3 rings (SSSR count). The molecule has 0 saturated carbocycles. The number of hydrogen-bond donors (Lipinski definition) is 1. The minimum absolute atomic E-state index is 0.0896. The van der Waals surface area contributed by atoms with E-state index in [0.29, 0.717) is 5.92 Å².